The van der Waals surface area contributed by atoms with Crippen molar-refractivity contribution < 1.29 is 9.72 Å². The highest BCUT2D eigenvalue weighted by molar-refractivity contribution is 6.06. The minimum absolute atomic E-state index is 0.0592. The summed E-state index contributed by atoms with van der Waals surface area (Å²) in [6, 6.07) is 12.3. The molecule has 7 heteroatoms. The Balaban J connectivity index is 1.82. The van der Waals surface area contributed by atoms with Crippen LogP contribution in [0.1, 0.15) is 15.9 Å². The summed E-state index contributed by atoms with van der Waals surface area (Å²) in [6.45, 7) is 3.41. The highest BCUT2D eigenvalue weighted by Gasteiger charge is 2.18. The average Bonchev–Trinajstić information content (AvgIpc) is 3.02. The van der Waals surface area contributed by atoms with Crippen molar-refractivity contribution in [3.05, 3.63) is 69.9 Å². The first-order valence-corrected chi connectivity index (χ1v) is 8.66. The average molecular weight is 366 g/mol. The SMILES string of the molecule is Cc1c(C(=O)Nc2ccc3c(ccn3CCN(C)C)c2)cccc1[N+](=O)[O-]. The number of rotatable bonds is 6. The number of nitro groups is 1. The Bertz CT molecular complexity index is 1010. The van der Waals surface area contributed by atoms with Crippen LogP contribution in [0.2, 0.25) is 0 Å². The van der Waals surface area contributed by atoms with Crippen molar-refractivity contribution in [1.29, 1.82) is 0 Å². The van der Waals surface area contributed by atoms with Gasteiger partial charge in [-0.05, 0) is 51.4 Å². The minimum atomic E-state index is -0.478. The molecule has 27 heavy (non-hydrogen) atoms. The van der Waals surface area contributed by atoms with E-state index in [0.717, 1.165) is 24.0 Å². The van der Waals surface area contributed by atoms with Crippen molar-refractivity contribution in [2.24, 2.45) is 0 Å². The molecule has 1 aromatic heterocycles. The molecular formula is C20H22N4O3. The topological polar surface area (TPSA) is 80.4 Å². The van der Waals surface area contributed by atoms with E-state index in [1.165, 1.54) is 12.1 Å². The zero-order valence-electron chi connectivity index (χ0n) is 15.6. The Hall–Kier alpha value is -3.19. The van der Waals surface area contributed by atoms with E-state index in [-0.39, 0.29) is 11.6 Å². The largest absolute Gasteiger partial charge is 0.346 e. The number of carbonyl (C=O) groups is 1. The van der Waals surface area contributed by atoms with E-state index >= 15 is 0 Å². The van der Waals surface area contributed by atoms with Gasteiger partial charge in [0.15, 0.2) is 0 Å². The molecule has 0 fully saturated rings. The van der Waals surface area contributed by atoms with Gasteiger partial charge in [0.1, 0.15) is 0 Å². The zero-order valence-corrected chi connectivity index (χ0v) is 15.6. The summed E-state index contributed by atoms with van der Waals surface area (Å²) in [7, 11) is 4.07. The molecule has 2 aromatic carbocycles. The first kappa shape index (κ1) is 18.6. The van der Waals surface area contributed by atoms with Crippen LogP contribution in [0.15, 0.2) is 48.7 Å². The predicted octanol–water partition coefficient (Wildman–Crippen LogP) is 3.67. The molecule has 140 valence electrons. The van der Waals surface area contributed by atoms with Crippen molar-refractivity contribution >= 4 is 28.2 Å². The molecule has 1 heterocycles. The lowest BCUT2D eigenvalue weighted by Crippen LogP contribution is -2.17. The lowest BCUT2D eigenvalue weighted by Gasteiger charge is -2.12. The van der Waals surface area contributed by atoms with Gasteiger partial charge in [-0.15, -0.1) is 0 Å². The highest BCUT2D eigenvalue weighted by Crippen LogP contribution is 2.24. The fourth-order valence-electron chi connectivity index (χ4n) is 3.05. The first-order valence-electron chi connectivity index (χ1n) is 8.66. The molecule has 0 bridgehead atoms. The fraction of sp³-hybridized carbons (Fsp3) is 0.250. The van der Waals surface area contributed by atoms with E-state index < -0.39 is 4.92 Å². The van der Waals surface area contributed by atoms with Gasteiger partial charge in [-0.3, -0.25) is 14.9 Å². The third kappa shape index (κ3) is 3.98. The monoisotopic (exact) mass is 366 g/mol. The number of amides is 1. The highest BCUT2D eigenvalue weighted by atomic mass is 16.6. The number of nitrogens with zero attached hydrogens (tertiary/aromatic N) is 3. The Morgan fingerprint density at radius 3 is 2.70 bits per heavy atom. The molecule has 1 N–H and O–H groups in total. The molecule has 0 saturated carbocycles. The van der Waals surface area contributed by atoms with E-state index in [0.29, 0.717) is 16.8 Å². The number of carbonyl (C=O) groups excluding carboxylic acids is 1. The molecule has 0 atom stereocenters. The van der Waals surface area contributed by atoms with Crippen LogP contribution in [0.4, 0.5) is 11.4 Å². The summed E-state index contributed by atoms with van der Waals surface area (Å²) in [5.41, 5.74) is 2.35. The molecule has 0 aliphatic rings. The number of anilines is 1. The molecule has 0 aliphatic carbocycles. The predicted molar refractivity (Wildman–Crippen MR) is 106 cm³/mol. The molecule has 3 rings (SSSR count). The second kappa shape index (κ2) is 7.59. The number of nitrogens with one attached hydrogen (secondary N) is 1. The maximum atomic E-state index is 12.6. The number of nitro benzene ring substituents is 1. The number of likely N-dealkylation sites (N-methyl/N-ethyl adjacent to an activating group) is 1. The van der Waals surface area contributed by atoms with Gasteiger partial charge < -0.3 is 14.8 Å². The summed E-state index contributed by atoms with van der Waals surface area (Å²) in [6.07, 6.45) is 2.03. The van der Waals surface area contributed by atoms with E-state index in [4.69, 9.17) is 0 Å². The summed E-state index contributed by atoms with van der Waals surface area (Å²) in [5, 5.41) is 14.9. The Morgan fingerprint density at radius 2 is 2.00 bits per heavy atom. The molecule has 3 aromatic rings. The van der Waals surface area contributed by atoms with Crippen molar-refractivity contribution in [1.82, 2.24) is 9.47 Å². The lowest BCUT2D eigenvalue weighted by molar-refractivity contribution is -0.385. The van der Waals surface area contributed by atoms with Crippen LogP contribution >= 0.6 is 0 Å². The van der Waals surface area contributed by atoms with E-state index in [9.17, 15) is 14.9 Å². The molecule has 0 spiro atoms. The second-order valence-electron chi connectivity index (χ2n) is 6.75. The van der Waals surface area contributed by atoms with Gasteiger partial charge in [0.05, 0.1) is 4.92 Å². The fourth-order valence-corrected chi connectivity index (χ4v) is 3.05. The minimum Gasteiger partial charge on any atom is -0.346 e. The van der Waals surface area contributed by atoms with Crippen LogP contribution in [-0.2, 0) is 6.54 Å². The lowest BCUT2D eigenvalue weighted by atomic mass is 10.1. The molecule has 0 radical (unpaired) electrons. The van der Waals surface area contributed by atoms with Gasteiger partial charge >= 0.3 is 0 Å². The maximum Gasteiger partial charge on any atom is 0.273 e. The van der Waals surface area contributed by atoms with Crippen molar-refractivity contribution in [2.45, 2.75) is 13.5 Å². The van der Waals surface area contributed by atoms with Gasteiger partial charge in [-0.1, -0.05) is 6.07 Å². The number of hydrogen-bond acceptors (Lipinski definition) is 4. The molecule has 1 amide bonds. The van der Waals surface area contributed by atoms with Crippen LogP contribution in [-0.4, -0.2) is 40.9 Å². The standard InChI is InChI=1S/C20H22N4O3/c1-14-17(5-4-6-18(14)24(26)27)20(25)21-16-7-8-19-15(13-16)9-10-23(19)12-11-22(2)3/h4-10,13H,11-12H2,1-3H3,(H,21,25). The van der Waals surface area contributed by atoms with E-state index in [2.05, 4.69) is 14.8 Å². The second-order valence-corrected chi connectivity index (χ2v) is 6.75. The third-order valence-corrected chi connectivity index (χ3v) is 4.56. The maximum absolute atomic E-state index is 12.6. The number of hydrogen-bond donors (Lipinski definition) is 1. The molecular weight excluding hydrogens is 344 g/mol. The summed E-state index contributed by atoms with van der Waals surface area (Å²) in [4.78, 5) is 25.3. The Labute approximate surface area is 157 Å². The zero-order chi connectivity index (χ0) is 19.6. The van der Waals surface area contributed by atoms with Crippen LogP contribution < -0.4 is 5.32 Å². The van der Waals surface area contributed by atoms with E-state index in [1.807, 2.05) is 44.6 Å². The van der Waals surface area contributed by atoms with Crippen LogP contribution in [0.5, 0.6) is 0 Å². The Kier molecular flexibility index (Phi) is 5.23. The number of fused-ring (bicyclic) bond motifs is 1. The normalized spacial score (nSPS) is 11.1. The van der Waals surface area contributed by atoms with Crippen molar-refractivity contribution in [3.8, 4) is 0 Å². The van der Waals surface area contributed by atoms with Crippen LogP contribution in [0, 0.1) is 17.0 Å². The van der Waals surface area contributed by atoms with Crippen LogP contribution in [0.3, 0.4) is 0 Å². The van der Waals surface area contributed by atoms with Gasteiger partial charge in [0, 0.05) is 53.1 Å². The van der Waals surface area contributed by atoms with Crippen LogP contribution in [0.25, 0.3) is 10.9 Å². The molecule has 0 aliphatic heterocycles. The molecule has 7 nitrogen and oxygen atoms in total. The van der Waals surface area contributed by atoms with Gasteiger partial charge in [0.25, 0.3) is 11.6 Å². The molecule has 0 unspecified atom stereocenters. The van der Waals surface area contributed by atoms with Gasteiger partial charge in [-0.25, -0.2) is 0 Å². The first-order chi connectivity index (χ1) is 12.9. The number of aromatic nitrogens is 1. The number of benzene rings is 2. The quantitative estimate of drug-likeness (QED) is 0.533. The van der Waals surface area contributed by atoms with Crippen molar-refractivity contribution in [2.75, 3.05) is 26.0 Å². The summed E-state index contributed by atoms with van der Waals surface area (Å²) in [5.74, 6) is -0.359. The van der Waals surface area contributed by atoms with Crippen molar-refractivity contribution in [3.63, 3.8) is 0 Å². The van der Waals surface area contributed by atoms with E-state index in [1.54, 1.807) is 13.0 Å². The van der Waals surface area contributed by atoms with Gasteiger partial charge in [0.2, 0.25) is 0 Å². The Morgan fingerprint density at radius 1 is 1.22 bits per heavy atom. The summed E-state index contributed by atoms with van der Waals surface area (Å²) < 4.78 is 2.17. The molecule has 0 saturated heterocycles. The smallest absolute Gasteiger partial charge is 0.273 e. The third-order valence-electron chi connectivity index (χ3n) is 4.56. The van der Waals surface area contributed by atoms with Gasteiger partial charge in [-0.2, -0.15) is 0 Å². The summed E-state index contributed by atoms with van der Waals surface area (Å²) >= 11 is 0.